The second-order valence-electron chi connectivity index (χ2n) is 5.54. The third-order valence-corrected chi connectivity index (χ3v) is 5.06. The Labute approximate surface area is 142 Å². The van der Waals surface area contributed by atoms with Gasteiger partial charge in [-0.25, -0.2) is 23.6 Å². The first kappa shape index (κ1) is 15.4. The third kappa shape index (κ3) is 2.47. The Morgan fingerprint density at radius 1 is 1.20 bits per heavy atom. The van der Waals surface area contributed by atoms with Crippen molar-refractivity contribution in [1.29, 1.82) is 0 Å². The van der Waals surface area contributed by atoms with Crippen LogP contribution in [0.3, 0.4) is 0 Å². The van der Waals surface area contributed by atoms with Gasteiger partial charge in [0.05, 0.1) is 22.9 Å². The fourth-order valence-electron chi connectivity index (χ4n) is 2.96. The lowest BCUT2D eigenvalue weighted by molar-refractivity contribution is 0.597. The molecule has 126 valence electrons. The van der Waals surface area contributed by atoms with Gasteiger partial charge in [0.2, 0.25) is 10.0 Å². The fraction of sp³-hybridized carbons (Fsp3) is 0.0667. The van der Waals surface area contributed by atoms with Gasteiger partial charge in [0.1, 0.15) is 0 Å². The van der Waals surface area contributed by atoms with Gasteiger partial charge < -0.3 is 4.40 Å². The maximum Gasteiger partial charge on any atom is 0.239 e. The molecular formula is C15H13N7O2S. The van der Waals surface area contributed by atoms with Crippen LogP contribution in [-0.2, 0) is 10.0 Å². The van der Waals surface area contributed by atoms with E-state index in [4.69, 9.17) is 5.14 Å². The van der Waals surface area contributed by atoms with E-state index in [1.165, 1.54) is 0 Å². The SMILES string of the molecule is Cc1ccc(-c2cccn3cncc23)c(-c2nnn[nH]2)c1S(N)(=O)=O. The number of hydrogen-bond acceptors (Lipinski definition) is 6. The van der Waals surface area contributed by atoms with Crippen LogP contribution in [0.15, 0.2) is 47.9 Å². The van der Waals surface area contributed by atoms with E-state index < -0.39 is 10.0 Å². The normalized spacial score (nSPS) is 11.9. The molecule has 0 saturated carbocycles. The average Bonchev–Trinajstić information content (AvgIpc) is 3.24. The van der Waals surface area contributed by atoms with Crippen molar-refractivity contribution in [3.8, 4) is 22.5 Å². The molecule has 4 rings (SSSR count). The zero-order valence-electron chi connectivity index (χ0n) is 13.1. The number of benzene rings is 1. The van der Waals surface area contributed by atoms with Crippen LogP contribution in [0.2, 0.25) is 0 Å². The zero-order valence-corrected chi connectivity index (χ0v) is 13.9. The standard InChI is InChI=1S/C15H13N7O2S/c1-9-4-5-11(10-3-2-6-22-8-17-7-12(10)22)13(14(9)25(16,23)24)15-18-20-21-19-15/h2-8H,1H3,(H2,16,23,24)(H,18,19,20,21). The molecule has 3 aromatic heterocycles. The van der Waals surface area contributed by atoms with Crippen molar-refractivity contribution in [3.05, 3.63) is 48.5 Å². The molecule has 0 fully saturated rings. The molecule has 0 aliphatic carbocycles. The predicted octanol–water partition coefficient (Wildman–Crippen LogP) is 1.14. The van der Waals surface area contributed by atoms with Crippen LogP contribution in [0.1, 0.15) is 5.56 Å². The first-order chi connectivity index (χ1) is 12.0. The van der Waals surface area contributed by atoms with Crippen LogP contribution in [0.25, 0.3) is 28.0 Å². The number of H-pyrrole nitrogens is 1. The monoisotopic (exact) mass is 355 g/mol. The van der Waals surface area contributed by atoms with Gasteiger partial charge >= 0.3 is 0 Å². The van der Waals surface area contributed by atoms with Gasteiger partial charge in [-0.2, -0.15) is 0 Å². The Balaban J connectivity index is 2.16. The Bertz CT molecular complexity index is 1180. The fourth-order valence-corrected chi connectivity index (χ4v) is 3.96. The van der Waals surface area contributed by atoms with Gasteiger partial charge in [-0.15, -0.1) is 5.10 Å². The van der Waals surface area contributed by atoms with E-state index in [-0.39, 0.29) is 10.7 Å². The minimum atomic E-state index is -4.00. The first-order valence-electron chi connectivity index (χ1n) is 7.28. The van der Waals surface area contributed by atoms with Crippen LogP contribution in [0.5, 0.6) is 0 Å². The molecule has 0 atom stereocenters. The number of sulfonamides is 1. The molecule has 0 unspecified atom stereocenters. The maximum atomic E-state index is 12.2. The molecule has 0 saturated heterocycles. The second-order valence-corrected chi connectivity index (χ2v) is 7.04. The molecule has 0 bridgehead atoms. The predicted molar refractivity (Wildman–Crippen MR) is 89.9 cm³/mol. The lowest BCUT2D eigenvalue weighted by Gasteiger charge is -2.15. The summed E-state index contributed by atoms with van der Waals surface area (Å²) in [6.45, 7) is 1.68. The van der Waals surface area contributed by atoms with E-state index in [0.717, 1.165) is 11.1 Å². The lowest BCUT2D eigenvalue weighted by Crippen LogP contribution is -2.16. The van der Waals surface area contributed by atoms with Gasteiger partial charge in [0, 0.05) is 17.3 Å². The van der Waals surface area contributed by atoms with E-state index in [2.05, 4.69) is 25.6 Å². The average molecular weight is 355 g/mol. The summed E-state index contributed by atoms with van der Waals surface area (Å²) in [4.78, 5) is 4.13. The smallest absolute Gasteiger partial charge is 0.239 e. The molecule has 0 radical (unpaired) electrons. The van der Waals surface area contributed by atoms with Crippen LogP contribution in [-0.4, -0.2) is 38.4 Å². The number of nitrogens with two attached hydrogens (primary N) is 1. The van der Waals surface area contributed by atoms with Gasteiger partial charge in [-0.3, -0.25) is 0 Å². The molecule has 0 spiro atoms. The van der Waals surface area contributed by atoms with Crippen molar-refractivity contribution >= 4 is 15.5 Å². The number of aryl methyl sites for hydroxylation is 1. The van der Waals surface area contributed by atoms with E-state index in [0.29, 0.717) is 16.7 Å². The third-order valence-electron chi connectivity index (χ3n) is 3.96. The number of aromatic nitrogens is 6. The van der Waals surface area contributed by atoms with E-state index >= 15 is 0 Å². The number of rotatable bonds is 3. The van der Waals surface area contributed by atoms with Crippen LogP contribution < -0.4 is 5.14 Å². The Morgan fingerprint density at radius 2 is 2.04 bits per heavy atom. The number of primary sulfonamides is 1. The molecule has 0 amide bonds. The number of fused-ring (bicyclic) bond motifs is 1. The molecule has 9 nitrogen and oxygen atoms in total. The van der Waals surface area contributed by atoms with Crippen molar-refractivity contribution in [3.63, 3.8) is 0 Å². The van der Waals surface area contributed by atoms with Gasteiger partial charge in [0.25, 0.3) is 0 Å². The number of tetrazole rings is 1. The highest BCUT2D eigenvalue weighted by Crippen LogP contribution is 2.38. The highest BCUT2D eigenvalue weighted by atomic mass is 32.2. The molecule has 3 N–H and O–H groups in total. The zero-order chi connectivity index (χ0) is 17.6. The van der Waals surface area contributed by atoms with E-state index in [1.807, 2.05) is 28.8 Å². The maximum absolute atomic E-state index is 12.2. The van der Waals surface area contributed by atoms with E-state index in [9.17, 15) is 8.42 Å². The summed E-state index contributed by atoms with van der Waals surface area (Å²) in [6, 6.07) is 7.26. The minimum absolute atomic E-state index is 0.00920. The van der Waals surface area contributed by atoms with Gasteiger partial charge in [-0.1, -0.05) is 18.2 Å². The number of nitrogens with one attached hydrogen (secondary N) is 1. The number of hydrogen-bond donors (Lipinski definition) is 2. The molecule has 3 heterocycles. The molecule has 4 aromatic rings. The second kappa shape index (κ2) is 5.46. The van der Waals surface area contributed by atoms with Crippen molar-refractivity contribution < 1.29 is 8.42 Å². The lowest BCUT2D eigenvalue weighted by atomic mass is 9.97. The molecule has 0 aliphatic heterocycles. The summed E-state index contributed by atoms with van der Waals surface area (Å²) in [7, 11) is -4.00. The largest absolute Gasteiger partial charge is 0.306 e. The van der Waals surface area contributed by atoms with Crippen LogP contribution in [0.4, 0.5) is 0 Å². The summed E-state index contributed by atoms with van der Waals surface area (Å²) >= 11 is 0. The summed E-state index contributed by atoms with van der Waals surface area (Å²) < 4.78 is 26.3. The summed E-state index contributed by atoms with van der Waals surface area (Å²) in [5.41, 5.74) is 3.09. The van der Waals surface area contributed by atoms with Crippen molar-refractivity contribution in [2.45, 2.75) is 11.8 Å². The van der Waals surface area contributed by atoms with E-state index in [1.54, 1.807) is 25.5 Å². The van der Waals surface area contributed by atoms with Crippen molar-refractivity contribution in [2.75, 3.05) is 0 Å². The number of imidazole rings is 1. The Kier molecular flexibility index (Phi) is 3.37. The minimum Gasteiger partial charge on any atom is -0.306 e. The molecule has 10 heteroatoms. The highest BCUT2D eigenvalue weighted by molar-refractivity contribution is 7.89. The number of nitrogens with zero attached hydrogens (tertiary/aromatic N) is 5. The van der Waals surface area contributed by atoms with Gasteiger partial charge in [-0.05, 0) is 34.5 Å². The topological polar surface area (TPSA) is 132 Å². The summed E-state index contributed by atoms with van der Waals surface area (Å²) in [5.74, 6) is 0.226. The Morgan fingerprint density at radius 3 is 2.76 bits per heavy atom. The Hall–Kier alpha value is -3.11. The molecular weight excluding hydrogens is 342 g/mol. The number of aromatic amines is 1. The number of pyridine rings is 1. The van der Waals surface area contributed by atoms with Gasteiger partial charge in [0.15, 0.2) is 5.82 Å². The summed E-state index contributed by atoms with van der Waals surface area (Å²) in [5, 5.41) is 19.1. The summed E-state index contributed by atoms with van der Waals surface area (Å²) in [6.07, 6.45) is 5.23. The van der Waals surface area contributed by atoms with Crippen LogP contribution >= 0.6 is 0 Å². The quantitative estimate of drug-likeness (QED) is 0.566. The molecule has 25 heavy (non-hydrogen) atoms. The molecule has 1 aromatic carbocycles. The molecule has 0 aliphatic rings. The van der Waals surface area contributed by atoms with Crippen LogP contribution in [0, 0.1) is 6.92 Å². The first-order valence-corrected chi connectivity index (χ1v) is 8.83. The highest BCUT2D eigenvalue weighted by Gasteiger charge is 2.25. The van der Waals surface area contributed by atoms with Crippen molar-refractivity contribution in [1.82, 2.24) is 30.0 Å². The van der Waals surface area contributed by atoms with Crippen molar-refractivity contribution in [2.24, 2.45) is 5.14 Å².